The van der Waals surface area contributed by atoms with Gasteiger partial charge in [0.05, 0.1) is 6.54 Å². The number of hydrogen-bond acceptors (Lipinski definition) is 5. The van der Waals surface area contributed by atoms with Gasteiger partial charge in [-0.05, 0) is 32.7 Å². The van der Waals surface area contributed by atoms with Crippen molar-refractivity contribution in [2.75, 3.05) is 26.7 Å². The zero-order valence-corrected chi connectivity index (χ0v) is 16.4. The van der Waals surface area contributed by atoms with Crippen LogP contribution in [0.5, 0.6) is 0 Å². The molecule has 7 heteroatoms. The second-order valence-electron chi connectivity index (χ2n) is 7.85. The maximum Gasteiger partial charge on any atom is 0.232 e. The fourth-order valence-corrected chi connectivity index (χ4v) is 2.99. The molecule has 0 aliphatic carbocycles. The number of guanidine groups is 1. The molecule has 1 atom stereocenters. The fourth-order valence-electron chi connectivity index (χ4n) is 2.99. The van der Waals surface area contributed by atoms with Crippen LogP contribution >= 0.6 is 0 Å². The summed E-state index contributed by atoms with van der Waals surface area (Å²) in [7, 11) is 1.78. The van der Waals surface area contributed by atoms with Crippen LogP contribution in [0.25, 0.3) is 0 Å². The Balaban J connectivity index is 1.67. The summed E-state index contributed by atoms with van der Waals surface area (Å²) in [6.07, 6.45) is 5.15. The minimum Gasteiger partial charge on any atom is -0.356 e. The van der Waals surface area contributed by atoms with Gasteiger partial charge in [-0.25, -0.2) is 0 Å². The van der Waals surface area contributed by atoms with Gasteiger partial charge in [0.15, 0.2) is 11.8 Å². The smallest absolute Gasteiger partial charge is 0.232 e. The molecule has 1 aliphatic rings. The normalized spacial score (nSPS) is 19.9. The summed E-state index contributed by atoms with van der Waals surface area (Å²) in [5.74, 6) is 2.08. The van der Waals surface area contributed by atoms with Gasteiger partial charge in [-0.15, -0.1) is 0 Å². The summed E-state index contributed by atoms with van der Waals surface area (Å²) in [4.78, 5) is 11.3. The second-order valence-corrected chi connectivity index (χ2v) is 7.85. The molecule has 0 amide bonds. The molecule has 25 heavy (non-hydrogen) atoms. The van der Waals surface area contributed by atoms with Crippen LogP contribution < -0.4 is 10.6 Å². The van der Waals surface area contributed by atoms with Crippen LogP contribution in [0.15, 0.2) is 9.52 Å². The topological polar surface area (TPSA) is 78.6 Å². The lowest BCUT2D eigenvalue weighted by Crippen LogP contribution is -2.41. The van der Waals surface area contributed by atoms with Gasteiger partial charge in [0, 0.05) is 31.6 Å². The van der Waals surface area contributed by atoms with E-state index in [0.29, 0.717) is 18.3 Å². The average molecular weight is 351 g/mol. The number of nitrogens with one attached hydrogen (secondary N) is 2. The summed E-state index contributed by atoms with van der Waals surface area (Å²) in [6.45, 7) is 12.3. The van der Waals surface area contributed by atoms with E-state index in [-0.39, 0.29) is 5.41 Å². The number of nitrogens with zero attached hydrogens (tertiary/aromatic N) is 4. The van der Waals surface area contributed by atoms with Crippen molar-refractivity contribution in [2.45, 2.75) is 71.4 Å². The predicted molar refractivity (Wildman–Crippen MR) is 101 cm³/mol. The van der Waals surface area contributed by atoms with E-state index in [9.17, 15) is 0 Å². The Bertz CT molecular complexity index is 548. The standard InChI is InChI=1S/C18H34N6O/c1-14-9-6-7-11-24(14)12-8-10-20-17(19-5)21-13-15-22-16(25-23-15)18(2,3)4/h14H,6-13H2,1-5H3,(H2,19,20,21). The van der Waals surface area contributed by atoms with Crippen LogP contribution in [-0.2, 0) is 12.0 Å². The van der Waals surface area contributed by atoms with E-state index in [2.05, 4.69) is 58.4 Å². The zero-order chi connectivity index (χ0) is 18.3. The first-order valence-electron chi connectivity index (χ1n) is 9.42. The molecule has 142 valence electrons. The summed E-state index contributed by atoms with van der Waals surface area (Å²) in [6, 6.07) is 0.724. The van der Waals surface area contributed by atoms with Crippen molar-refractivity contribution in [3.63, 3.8) is 0 Å². The third-order valence-electron chi connectivity index (χ3n) is 4.60. The largest absolute Gasteiger partial charge is 0.356 e. The van der Waals surface area contributed by atoms with Gasteiger partial charge in [-0.3, -0.25) is 4.99 Å². The van der Waals surface area contributed by atoms with Gasteiger partial charge in [0.2, 0.25) is 5.89 Å². The molecule has 0 bridgehead atoms. The first-order valence-corrected chi connectivity index (χ1v) is 9.42. The Hall–Kier alpha value is -1.63. The summed E-state index contributed by atoms with van der Waals surface area (Å²) in [5.41, 5.74) is -0.128. The lowest BCUT2D eigenvalue weighted by atomic mass is 9.97. The molecule has 1 aliphatic heterocycles. The van der Waals surface area contributed by atoms with E-state index in [1.165, 1.54) is 25.8 Å². The highest BCUT2D eigenvalue weighted by atomic mass is 16.5. The van der Waals surface area contributed by atoms with Crippen LogP contribution in [0.3, 0.4) is 0 Å². The molecule has 1 fully saturated rings. The summed E-state index contributed by atoms with van der Waals surface area (Å²) >= 11 is 0. The number of piperidine rings is 1. The van der Waals surface area contributed by atoms with Crippen LogP contribution in [-0.4, -0.2) is 53.7 Å². The third kappa shape index (κ3) is 6.30. The van der Waals surface area contributed by atoms with E-state index >= 15 is 0 Å². The Morgan fingerprint density at radius 3 is 2.76 bits per heavy atom. The van der Waals surface area contributed by atoms with Crippen LogP contribution in [0, 0.1) is 0 Å². The predicted octanol–water partition coefficient (Wildman–Crippen LogP) is 2.30. The molecular formula is C18H34N6O. The quantitative estimate of drug-likeness (QED) is 0.466. The van der Waals surface area contributed by atoms with Crippen LogP contribution in [0.2, 0.25) is 0 Å². The van der Waals surface area contributed by atoms with Crippen molar-refractivity contribution in [1.29, 1.82) is 0 Å². The highest BCUT2D eigenvalue weighted by molar-refractivity contribution is 5.79. The minimum absolute atomic E-state index is 0.128. The fraction of sp³-hybridized carbons (Fsp3) is 0.833. The van der Waals surface area contributed by atoms with Crippen molar-refractivity contribution >= 4 is 5.96 Å². The molecule has 1 saturated heterocycles. The van der Waals surface area contributed by atoms with Crippen molar-refractivity contribution in [2.24, 2.45) is 4.99 Å². The lowest BCUT2D eigenvalue weighted by molar-refractivity contribution is 0.159. The molecule has 1 aromatic rings. The van der Waals surface area contributed by atoms with E-state index in [0.717, 1.165) is 31.5 Å². The molecule has 2 N–H and O–H groups in total. The highest BCUT2D eigenvalue weighted by Gasteiger charge is 2.21. The molecule has 0 radical (unpaired) electrons. The van der Waals surface area contributed by atoms with Crippen molar-refractivity contribution < 1.29 is 4.52 Å². The molecule has 1 aromatic heterocycles. The Labute approximate surface area is 151 Å². The van der Waals surface area contributed by atoms with Gasteiger partial charge in [-0.2, -0.15) is 4.98 Å². The van der Waals surface area contributed by atoms with Crippen LogP contribution in [0.1, 0.15) is 65.1 Å². The summed E-state index contributed by atoms with van der Waals surface area (Å²) < 4.78 is 5.30. The molecule has 0 aromatic carbocycles. The van der Waals surface area contributed by atoms with E-state index < -0.39 is 0 Å². The number of hydrogen-bond donors (Lipinski definition) is 2. The highest BCUT2D eigenvalue weighted by Crippen LogP contribution is 2.19. The maximum absolute atomic E-state index is 5.30. The molecule has 1 unspecified atom stereocenters. The summed E-state index contributed by atoms with van der Waals surface area (Å²) in [5, 5.41) is 10.6. The molecule has 0 spiro atoms. The first kappa shape index (κ1) is 19.7. The number of aromatic nitrogens is 2. The molecule has 7 nitrogen and oxygen atoms in total. The van der Waals surface area contributed by atoms with Crippen LogP contribution in [0.4, 0.5) is 0 Å². The van der Waals surface area contributed by atoms with Crippen molar-refractivity contribution in [3.05, 3.63) is 11.7 Å². The molecule has 2 rings (SSSR count). The zero-order valence-electron chi connectivity index (χ0n) is 16.4. The monoisotopic (exact) mass is 350 g/mol. The molecule has 0 saturated carbocycles. The van der Waals surface area contributed by atoms with Crippen molar-refractivity contribution in [1.82, 2.24) is 25.7 Å². The second kappa shape index (κ2) is 9.17. The van der Waals surface area contributed by atoms with E-state index in [1.807, 2.05) is 0 Å². The number of aliphatic imine (C=N–C) groups is 1. The van der Waals surface area contributed by atoms with Gasteiger partial charge in [-0.1, -0.05) is 32.3 Å². The average Bonchev–Trinajstić information content (AvgIpc) is 3.05. The van der Waals surface area contributed by atoms with Crippen molar-refractivity contribution in [3.8, 4) is 0 Å². The molecule has 2 heterocycles. The van der Waals surface area contributed by atoms with E-state index in [4.69, 9.17) is 4.52 Å². The Morgan fingerprint density at radius 1 is 1.32 bits per heavy atom. The maximum atomic E-state index is 5.30. The SMILES string of the molecule is CN=C(NCCCN1CCCCC1C)NCc1noc(C(C)(C)C)n1. The first-order chi connectivity index (χ1) is 11.9. The van der Waals surface area contributed by atoms with Gasteiger partial charge < -0.3 is 20.1 Å². The van der Waals surface area contributed by atoms with Gasteiger partial charge >= 0.3 is 0 Å². The lowest BCUT2D eigenvalue weighted by Gasteiger charge is -2.33. The minimum atomic E-state index is -0.128. The number of likely N-dealkylation sites (tertiary alicyclic amines) is 1. The number of rotatable bonds is 6. The van der Waals surface area contributed by atoms with E-state index in [1.54, 1.807) is 7.05 Å². The Kier molecular flexibility index (Phi) is 7.23. The molecular weight excluding hydrogens is 316 g/mol. The third-order valence-corrected chi connectivity index (χ3v) is 4.60. The van der Waals surface area contributed by atoms with Gasteiger partial charge in [0.25, 0.3) is 0 Å². The van der Waals surface area contributed by atoms with Gasteiger partial charge in [0.1, 0.15) is 0 Å². The Morgan fingerprint density at radius 2 is 2.12 bits per heavy atom.